The monoisotopic (exact) mass is 250 g/mol. The van der Waals surface area contributed by atoms with E-state index in [-0.39, 0.29) is 0 Å². The lowest BCUT2D eigenvalue weighted by Gasteiger charge is -2.37. The van der Waals surface area contributed by atoms with Crippen LogP contribution in [0.4, 0.5) is 0 Å². The third kappa shape index (κ3) is 3.56. The summed E-state index contributed by atoms with van der Waals surface area (Å²) in [4.78, 5) is 6.59. The summed E-state index contributed by atoms with van der Waals surface area (Å²) in [6, 6.07) is 0.700. The second kappa shape index (κ2) is 6.90. The number of nitrogens with zero attached hydrogens (tertiary/aromatic N) is 3. The first-order valence-electron chi connectivity index (χ1n) is 7.17. The highest BCUT2D eigenvalue weighted by molar-refractivity contribution is 4.82. The average Bonchev–Trinajstić information content (AvgIpc) is 2.91. The summed E-state index contributed by atoms with van der Waals surface area (Å²) in [5.74, 6) is 0.706. The van der Waals surface area contributed by atoms with Crippen LogP contribution in [0.2, 0.25) is 0 Å². The summed E-state index contributed by atoms with van der Waals surface area (Å²) >= 11 is 0. The highest BCUT2D eigenvalue weighted by atomic mass is 15.1. The lowest BCUT2D eigenvalue weighted by atomic mass is 9.83. The van der Waals surface area contributed by atoms with Crippen molar-refractivity contribution in [1.82, 2.24) is 14.5 Å². The van der Waals surface area contributed by atoms with E-state index in [1.54, 1.807) is 0 Å². The maximum Gasteiger partial charge on any atom is 0.0945 e. The number of aryl methyl sites for hydroxylation is 1. The lowest BCUT2D eigenvalue weighted by Crippen LogP contribution is -2.43. The molecule has 0 spiro atoms. The fraction of sp³-hybridized carbons (Fsp3) is 0.786. The van der Waals surface area contributed by atoms with Crippen LogP contribution in [0.3, 0.4) is 0 Å². The standard InChI is InChI=1S/C14H26N4/c1-17(8-4-9-18-10-7-16-12-18)14-6-3-2-5-13(14)11-15/h7,10,12-14H,2-6,8-9,11,15H2,1H3. The van der Waals surface area contributed by atoms with Gasteiger partial charge < -0.3 is 15.2 Å². The van der Waals surface area contributed by atoms with Gasteiger partial charge in [-0.15, -0.1) is 0 Å². The van der Waals surface area contributed by atoms with E-state index in [0.29, 0.717) is 12.0 Å². The van der Waals surface area contributed by atoms with E-state index in [1.807, 2.05) is 18.7 Å². The summed E-state index contributed by atoms with van der Waals surface area (Å²) < 4.78 is 2.15. The Bertz CT molecular complexity index is 323. The Morgan fingerprint density at radius 1 is 1.39 bits per heavy atom. The van der Waals surface area contributed by atoms with Crippen LogP contribution in [-0.4, -0.2) is 40.6 Å². The minimum Gasteiger partial charge on any atom is -0.337 e. The fourth-order valence-corrected chi connectivity index (χ4v) is 3.13. The van der Waals surface area contributed by atoms with Crippen LogP contribution in [0.1, 0.15) is 32.1 Å². The van der Waals surface area contributed by atoms with Crippen LogP contribution < -0.4 is 5.73 Å². The van der Waals surface area contributed by atoms with E-state index < -0.39 is 0 Å². The molecule has 2 unspecified atom stereocenters. The molecule has 4 heteroatoms. The SMILES string of the molecule is CN(CCCn1ccnc1)C1CCCCC1CN. The van der Waals surface area contributed by atoms with Crippen molar-refractivity contribution in [3.8, 4) is 0 Å². The molecule has 1 aliphatic rings. The van der Waals surface area contributed by atoms with Gasteiger partial charge in [-0.2, -0.15) is 0 Å². The van der Waals surface area contributed by atoms with Gasteiger partial charge in [0.05, 0.1) is 6.33 Å². The van der Waals surface area contributed by atoms with Gasteiger partial charge >= 0.3 is 0 Å². The van der Waals surface area contributed by atoms with Crippen molar-refractivity contribution in [2.45, 2.75) is 44.7 Å². The van der Waals surface area contributed by atoms with Gasteiger partial charge in [0.2, 0.25) is 0 Å². The molecular formula is C14H26N4. The normalized spacial score (nSPS) is 24.6. The Kier molecular flexibility index (Phi) is 5.20. The topological polar surface area (TPSA) is 47.1 Å². The Balaban J connectivity index is 1.74. The Labute approximate surface area is 110 Å². The predicted octanol–water partition coefficient (Wildman–Crippen LogP) is 1.72. The van der Waals surface area contributed by atoms with Crippen molar-refractivity contribution in [2.75, 3.05) is 20.1 Å². The van der Waals surface area contributed by atoms with Crippen LogP contribution >= 0.6 is 0 Å². The van der Waals surface area contributed by atoms with E-state index in [2.05, 4.69) is 21.5 Å². The summed E-state index contributed by atoms with van der Waals surface area (Å²) in [6.07, 6.45) is 12.3. The number of rotatable bonds is 6. The van der Waals surface area contributed by atoms with Gasteiger partial charge in [-0.3, -0.25) is 0 Å². The third-order valence-electron chi connectivity index (χ3n) is 4.22. The number of hydrogen-bond donors (Lipinski definition) is 1. The van der Waals surface area contributed by atoms with Gasteiger partial charge in [-0.05, 0) is 45.3 Å². The van der Waals surface area contributed by atoms with Crippen molar-refractivity contribution in [2.24, 2.45) is 11.7 Å². The smallest absolute Gasteiger partial charge is 0.0945 e. The molecule has 1 aromatic rings. The molecule has 1 heterocycles. The van der Waals surface area contributed by atoms with Crippen LogP contribution in [0.15, 0.2) is 18.7 Å². The zero-order chi connectivity index (χ0) is 12.8. The van der Waals surface area contributed by atoms with Gasteiger partial charge in [-0.1, -0.05) is 12.8 Å². The number of imidazole rings is 1. The molecule has 0 aliphatic heterocycles. The Morgan fingerprint density at radius 3 is 2.94 bits per heavy atom. The molecule has 1 aliphatic carbocycles. The zero-order valence-corrected chi connectivity index (χ0v) is 11.5. The predicted molar refractivity (Wildman–Crippen MR) is 74.3 cm³/mol. The molecule has 1 fully saturated rings. The first-order chi connectivity index (χ1) is 8.81. The van der Waals surface area contributed by atoms with Gasteiger partial charge in [0.25, 0.3) is 0 Å². The third-order valence-corrected chi connectivity index (χ3v) is 4.22. The molecule has 0 saturated heterocycles. The molecule has 0 radical (unpaired) electrons. The minimum atomic E-state index is 0.700. The molecule has 4 nitrogen and oxygen atoms in total. The first kappa shape index (κ1) is 13.6. The molecule has 2 rings (SSSR count). The maximum absolute atomic E-state index is 5.90. The van der Waals surface area contributed by atoms with Crippen molar-refractivity contribution in [3.63, 3.8) is 0 Å². The quantitative estimate of drug-likeness (QED) is 0.836. The van der Waals surface area contributed by atoms with Crippen LogP contribution in [-0.2, 0) is 6.54 Å². The van der Waals surface area contributed by atoms with Gasteiger partial charge in [0, 0.05) is 25.0 Å². The molecule has 0 bridgehead atoms. The molecular weight excluding hydrogens is 224 g/mol. The van der Waals surface area contributed by atoms with E-state index in [9.17, 15) is 0 Å². The van der Waals surface area contributed by atoms with Gasteiger partial charge in [-0.25, -0.2) is 4.98 Å². The minimum absolute atomic E-state index is 0.700. The van der Waals surface area contributed by atoms with Crippen molar-refractivity contribution in [3.05, 3.63) is 18.7 Å². The second-order valence-corrected chi connectivity index (χ2v) is 5.48. The molecule has 2 N–H and O–H groups in total. The van der Waals surface area contributed by atoms with Gasteiger partial charge in [0.15, 0.2) is 0 Å². The highest BCUT2D eigenvalue weighted by Gasteiger charge is 2.26. The molecule has 18 heavy (non-hydrogen) atoms. The second-order valence-electron chi connectivity index (χ2n) is 5.48. The summed E-state index contributed by atoms with van der Waals surface area (Å²) in [5.41, 5.74) is 5.90. The number of hydrogen-bond acceptors (Lipinski definition) is 3. The summed E-state index contributed by atoms with van der Waals surface area (Å²) in [7, 11) is 2.26. The average molecular weight is 250 g/mol. The molecule has 1 saturated carbocycles. The van der Waals surface area contributed by atoms with E-state index in [1.165, 1.54) is 32.1 Å². The first-order valence-corrected chi connectivity index (χ1v) is 7.17. The van der Waals surface area contributed by atoms with Crippen molar-refractivity contribution < 1.29 is 0 Å². The van der Waals surface area contributed by atoms with Crippen molar-refractivity contribution >= 4 is 0 Å². The lowest BCUT2D eigenvalue weighted by molar-refractivity contribution is 0.131. The van der Waals surface area contributed by atoms with E-state index in [4.69, 9.17) is 5.73 Å². The van der Waals surface area contributed by atoms with E-state index in [0.717, 1.165) is 19.6 Å². The summed E-state index contributed by atoms with van der Waals surface area (Å²) in [5, 5.41) is 0. The number of aromatic nitrogens is 2. The zero-order valence-electron chi connectivity index (χ0n) is 11.5. The van der Waals surface area contributed by atoms with Crippen LogP contribution in [0, 0.1) is 5.92 Å². The summed E-state index contributed by atoms with van der Waals surface area (Å²) in [6.45, 7) is 3.06. The van der Waals surface area contributed by atoms with Crippen LogP contribution in [0.5, 0.6) is 0 Å². The molecule has 1 aromatic heterocycles. The van der Waals surface area contributed by atoms with Gasteiger partial charge in [0.1, 0.15) is 0 Å². The van der Waals surface area contributed by atoms with E-state index >= 15 is 0 Å². The molecule has 0 aromatic carbocycles. The fourth-order valence-electron chi connectivity index (χ4n) is 3.13. The molecule has 2 atom stereocenters. The molecule has 102 valence electrons. The maximum atomic E-state index is 5.90. The Morgan fingerprint density at radius 2 is 2.22 bits per heavy atom. The highest BCUT2D eigenvalue weighted by Crippen LogP contribution is 2.27. The van der Waals surface area contributed by atoms with Crippen LogP contribution in [0.25, 0.3) is 0 Å². The largest absolute Gasteiger partial charge is 0.337 e. The van der Waals surface area contributed by atoms with Crippen molar-refractivity contribution in [1.29, 1.82) is 0 Å². The number of nitrogens with two attached hydrogens (primary N) is 1. The Hall–Kier alpha value is -0.870. The molecule has 0 amide bonds.